The number of rotatable bonds is 3. The molecule has 0 bridgehead atoms. The molecule has 0 amide bonds. The van der Waals surface area contributed by atoms with Crippen LogP contribution in [-0.2, 0) is 0 Å². The predicted molar refractivity (Wildman–Crippen MR) is 51.3 cm³/mol. The molecule has 0 spiro atoms. The highest BCUT2D eigenvalue weighted by atomic mass is 16.3. The Morgan fingerprint density at radius 2 is 2.31 bits per heavy atom. The lowest BCUT2D eigenvalue weighted by molar-refractivity contribution is 0.266. The smallest absolute Gasteiger partial charge is 0.128 e. The van der Waals surface area contributed by atoms with Crippen molar-refractivity contribution in [2.24, 2.45) is 0 Å². The van der Waals surface area contributed by atoms with Gasteiger partial charge in [0.1, 0.15) is 11.6 Å². The number of aliphatic hydroxyl groups excluding tert-OH is 1. The molecule has 1 aromatic rings. The van der Waals surface area contributed by atoms with Gasteiger partial charge >= 0.3 is 0 Å². The maximum Gasteiger partial charge on any atom is 0.128 e. The highest BCUT2D eigenvalue weighted by molar-refractivity contribution is 5.45. The van der Waals surface area contributed by atoms with Gasteiger partial charge in [-0.15, -0.1) is 0 Å². The van der Waals surface area contributed by atoms with Gasteiger partial charge in [-0.3, -0.25) is 0 Å². The Bertz CT molecular complexity index is 309. The summed E-state index contributed by atoms with van der Waals surface area (Å²) >= 11 is 0. The topological polar surface area (TPSA) is 71.2 Å². The second-order valence-corrected chi connectivity index (χ2v) is 3.51. The van der Waals surface area contributed by atoms with E-state index in [1.807, 2.05) is 12.1 Å². The van der Waals surface area contributed by atoms with E-state index in [2.05, 4.69) is 10.3 Å². The average molecular weight is 179 g/mol. The summed E-state index contributed by atoms with van der Waals surface area (Å²) in [7, 11) is 0. The number of anilines is 2. The Morgan fingerprint density at radius 1 is 1.54 bits per heavy atom. The van der Waals surface area contributed by atoms with Crippen molar-refractivity contribution in [3.63, 3.8) is 0 Å². The molecule has 0 unspecified atom stereocenters. The van der Waals surface area contributed by atoms with Gasteiger partial charge in [-0.05, 0) is 25.0 Å². The summed E-state index contributed by atoms with van der Waals surface area (Å²) in [6.45, 7) is 0.156. The average Bonchev–Trinajstić information content (AvgIpc) is 2.86. The van der Waals surface area contributed by atoms with E-state index in [-0.39, 0.29) is 12.1 Å². The SMILES string of the molecule is Nc1cccc(NC2(CO)CC2)n1. The fourth-order valence-electron chi connectivity index (χ4n) is 1.27. The molecule has 1 aliphatic rings. The molecule has 1 aliphatic carbocycles. The highest BCUT2D eigenvalue weighted by Crippen LogP contribution is 2.37. The minimum absolute atomic E-state index is 0.124. The van der Waals surface area contributed by atoms with E-state index in [0.717, 1.165) is 18.7 Å². The zero-order valence-electron chi connectivity index (χ0n) is 7.33. The summed E-state index contributed by atoms with van der Waals surface area (Å²) in [4.78, 5) is 4.10. The molecule has 13 heavy (non-hydrogen) atoms. The van der Waals surface area contributed by atoms with Crippen LogP contribution < -0.4 is 11.1 Å². The normalized spacial score (nSPS) is 18.2. The molecule has 4 heteroatoms. The van der Waals surface area contributed by atoms with Gasteiger partial charge in [0.15, 0.2) is 0 Å². The molecule has 70 valence electrons. The molecule has 1 saturated carbocycles. The molecule has 2 rings (SSSR count). The zero-order chi connectivity index (χ0) is 9.31. The molecule has 0 aliphatic heterocycles. The lowest BCUT2D eigenvalue weighted by Gasteiger charge is -2.14. The van der Waals surface area contributed by atoms with Gasteiger partial charge < -0.3 is 16.2 Å². The minimum Gasteiger partial charge on any atom is -0.394 e. The number of aromatic nitrogens is 1. The second-order valence-electron chi connectivity index (χ2n) is 3.51. The summed E-state index contributed by atoms with van der Waals surface area (Å²) in [5.74, 6) is 1.24. The van der Waals surface area contributed by atoms with Crippen molar-refractivity contribution in [2.45, 2.75) is 18.4 Å². The van der Waals surface area contributed by atoms with Crippen LogP contribution in [0.2, 0.25) is 0 Å². The Labute approximate surface area is 76.8 Å². The molecule has 1 fully saturated rings. The van der Waals surface area contributed by atoms with Gasteiger partial charge in [0.25, 0.3) is 0 Å². The van der Waals surface area contributed by atoms with Crippen LogP contribution in [0.4, 0.5) is 11.6 Å². The van der Waals surface area contributed by atoms with Gasteiger partial charge in [0.2, 0.25) is 0 Å². The van der Waals surface area contributed by atoms with Gasteiger partial charge in [0, 0.05) is 0 Å². The minimum atomic E-state index is -0.124. The second kappa shape index (κ2) is 2.88. The van der Waals surface area contributed by atoms with Crippen LogP contribution in [0.15, 0.2) is 18.2 Å². The number of hydrogen-bond acceptors (Lipinski definition) is 4. The summed E-state index contributed by atoms with van der Waals surface area (Å²) in [6, 6.07) is 5.44. The maximum absolute atomic E-state index is 9.07. The van der Waals surface area contributed by atoms with E-state index in [1.54, 1.807) is 6.07 Å². The van der Waals surface area contributed by atoms with Crippen LogP contribution in [-0.4, -0.2) is 22.2 Å². The molecular weight excluding hydrogens is 166 g/mol. The number of pyridine rings is 1. The van der Waals surface area contributed by atoms with E-state index < -0.39 is 0 Å². The lowest BCUT2D eigenvalue weighted by Crippen LogP contribution is -2.26. The number of hydrogen-bond donors (Lipinski definition) is 3. The first-order valence-corrected chi connectivity index (χ1v) is 4.36. The number of nitrogens with one attached hydrogen (secondary N) is 1. The van der Waals surface area contributed by atoms with Crippen molar-refractivity contribution in [1.82, 2.24) is 4.98 Å². The molecule has 4 N–H and O–H groups in total. The van der Waals surface area contributed by atoms with Crippen molar-refractivity contribution in [3.8, 4) is 0 Å². The van der Waals surface area contributed by atoms with Gasteiger partial charge in [0.05, 0.1) is 12.1 Å². The van der Waals surface area contributed by atoms with Crippen LogP contribution in [0.5, 0.6) is 0 Å². The molecule has 1 aromatic heterocycles. The standard InChI is InChI=1S/C9H13N3O/c10-7-2-1-3-8(11-7)12-9(6-13)4-5-9/h1-3,13H,4-6H2,(H3,10,11,12). The summed E-state index contributed by atoms with van der Waals surface area (Å²) in [6.07, 6.45) is 2.00. The van der Waals surface area contributed by atoms with E-state index in [1.165, 1.54) is 0 Å². The summed E-state index contributed by atoms with van der Waals surface area (Å²) in [5, 5.41) is 12.2. The van der Waals surface area contributed by atoms with Crippen LogP contribution in [0.25, 0.3) is 0 Å². The van der Waals surface area contributed by atoms with Crippen LogP contribution in [0, 0.1) is 0 Å². The predicted octanol–water partition coefficient (Wildman–Crippen LogP) is 0.601. The monoisotopic (exact) mass is 179 g/mol. The Kier molecular flexibility index (Phi) is 1.84. The van der Waals surface area contributed by atoms with E-state index >= 15 is 0 Å². The lowest BCUT2D eigenvalue weighted by atomic mass is 10.3. The van der Waals surface area contributed by atoms with E-state index in [0.29, 0.717) is 5.82 Å². The van der Waals surface area contributed by atoms with Gasteiger partial charge in [-0.25, -0.2) is 4.98 Å². The van der Waals surface area contributed by atoms with Crippen molar-refractivity contribution in [1.29, 1.82) is 0 Å². The third-order valence-corrected chi connectivity index (χ3v) is 2.32. The molecule has 4 nitrogen and oxygen atoms in total. The largest absolute Gasteiger partial charge is 0.394 e. The van der Waals surface area contributed by atoms with Crippen molar-refractivity contribution in [2.75, 3.05) is 17.7 Å². The third-order valence-electron chi connectivity index (χ3n) is 2.32. The van der Waals surface area contributed by atoms with Gasteiger partial charge in [-0.2, -0.15) is 0 Å². The van der Waals surface area contributed by atoms with Crippen LogP contribution in [0.3, 0.4) is 0 Å². The van der Waals surface area contributed by atoms with E-state index in [9.17, 15) is 0 Å². The third kappa shape index (κ3) is 1.72. The van der Waals surface area contributed by atoms with Crippen LogP contribution >= 0.6 is 0 Å². The number of nitrogen functional groups attached to an aromatic ring is 1. The first-order valence-electron chi connectivity index (χ1n) is 4.36. The first-order chi connectivity index (χ1) is 6.24. The maximum atomic E-state index is 9.07. The first kappa shape index (κ1) is 8.31. The van der Waals surface area contributed by atoms with Crippen molar-refractivity contribution >= 4 is 11.6 Å². The molecular formula is C9H13N3O. The Hall–Kier alpha value is -1.29. The number of nitrogens with zero attached hydrogens (tertiary/aromatic N) is 1. The molecule has 0 aromatic carbocycles. The molecule has 0 atom stereocenters. The Balaban J connectivity index is 2.09. The Morgan fingerprint density at radius 3 is 2.85 bits per heavy atom. The summed E-state index contributed by atoms with van der Waals surface area (Å²) in [5.41, 5.74) is 5.40. The zero-order valence-corrected chi connectivity index (χ0v) is 7.33. The van der Waals surface area contributed by atoms with Crippen molar-refractivity contribution in [3.05, 3.63) is 18.2 Å². The van der Waals surface area contributed by atoms with Crippen molar-refractivity contribution < 1.29 is 5.11 Å². The fraction of sp³-hybridized carbons (Fsp3) is 0.444. The van der Waals surface area contributed by atoms with Crippen LogP contribution in [0.1, 0.15) is 12.8 Å². The number of aliphatic hydroxyl groups is 1. The highest BCUT2D eigenvalue weighted by Gasteiger charge is 2.42. The quantitative estimate of drug-likeness (QED) is 0.635. The number of nitrogens with two attached hydrogens (primary N) is 1. The molecule has 1 heterocycles. The van der Waals surface area contributed by atoms with E-state index in [4.69, 9.17) is 10.8 Å². The summed E-state index contributed by atoms with van der Waals surface area (Å²) < 4.78 is 0. The molecule has 0 radical (unpaired) electrons. The van der Waals surface area contributed by atoms with Gasteiger partial charge in [-0.1, -0.05) is 6.07 Å². The fourth-order valence-corrected chi connectivity index (χ4v) is 1.27. The molecule has 0 saturated heterocycles.